The molecule has 0 amide bonds. The van der Waals surface area contributed by atoms with Crippen LogP contribution in [0.3, 0.4) is 0 Å². The third kappa shape index (κ3) is 2.55. The Morgan fingerprint density at radius 2 is 1.82 bits per heavy atom. The number of aryl methyl sites for hydroxylation is 1. The van der Waals surface area contributed by atoms with Gasteiger partial charge < -0.3 is 10.3 Å². The molecule has 0 bridgehead atoms. The zero-order valence-corrected chi connectivity index (χ0v) is 12.8. The smallest absolute Gasteiger partial charge is 0.0476 e. The van der Waals surface area contributed by atoms with Gasteiger partial charge in [0, 0.05) is 22.6 Å². The summed E-state index contributed by atoms with van der Waals surface area (Å²) < 4.78 is 0. The van der Waals surface area contributed by atoms with Crippen molar-refractivity contribution in [1.29, 1.82) is 0 Å². The molecule has 4 rings (SSSR count). The summed E-state index contributed by atoms with van der Waals surface area (Å²) in [6.07, 6.45) is 4.80. The molecule has 1 heterocycles. The van der Waals surface area contributed by atoms with Crippen LogP contribution in [0.25, 0.3) is 10.9 Å². The van der Waals surface area contributed by atoms with Crippen LogP contribution in [-0.4, -0.2) is 11.5 Å². The van der Waals surface area contributed by atoms with Crippen molar-refractivity contribution in [2.24, 2.45) is 0 Å². The number of nitrogens with one attached hydrogen (secondary N) is 2. The highest BCUT2D eigenvalue weighted by atomic mass is 14.9. The normalized spacial score (nSPS) is 17.5. The molecule has 2 nitrogen and oxygen atoms in total. The van der Waals surface area contributed by atoms with Gasteiger partial charge in [-0.3, -0.25) is 0 Å². The second-order valence-corrected chi connectivity index (χ2v) is 6.20. The molecule has 0 saturated heterocycles. The highest BCUT2D eigenvalue weighted by molar-refractivity contribution is 5.85. The minimum absolute atomic E-state index is 0.472. The molecule has 1 aliphatic carbocycles. The molecule has 0 aliphatic heterocycles. The van der Waals surface area contributed by atoms with Gasteiger partial charge in [0.2, 0.25) is 0 Å². The Hall–Kier alpha value is -2.06. The van der Waals surface area contributed by atoms with E-state index in [0.717, 1.165) is 13.0 Å². The van der Waals surface area contributed by atoms with Gasteiger partial charge in [0.05, 0.1) is 0 Å². The van der Waals surface area contributed by atoms with Crippen molar-refractivity contribution in [2.75, 3.05) is 6.54 Å². The van der Waals surface area contributed by atoms with Crippen molar-refractivity contribution in [1.82, 2.24) is 10.3 Å². The zero-order chi connectivity index (χ0) is 14.8. The molecule has 1 aromatic heterocycles. The van der Waals surface area contributed by atoms with Gasteiger partial charge in [-0.2, -0.15) is 0 Å². The molecule has 0 unspecified atom stereocenters. The predicted molar refractivity (Wildman–Crippen MR) is 92.1 cm³/mol. The van der Waals surface area contributed by atoms with Crippen LogP contribution in [0, 0.1) is 0 Å². The van der Waals surface area contributed by atoms with Crippen molar-refractivity contribution in [3.05, 3.63) is 71.4 Å². The second-order valence-electron chi connectivity index (χ2n) is 6.20. The van der Waals surface area contributed by atoms with E-state index in [0.29, 0.717) is 6.04 Å². The lowest BCUT2D eigenvalue weighted by Crippen LogP contribution is -2.27. The summed E-state index contributed by atoms with van der Waals surface area (Å²) in [5.41, 5.74) is 5.63. The van der Waals surface area contributed by atoms with Crippen LogP contribution >= 0.6 is 0 Å². The van der Waals surface area contributed by atoms with E-state index in [9.17, 15) is 0 Å². The number of fused-ring (bicyclic) bond motifs is 3. The first-order valence-corrected chi connectivity index (χ1v) is 8.28. The number of aromatic nitrogens is 1. The molecule has 1 aliphatic rings. The van der Waals surface area contributed by atoms with Crippen LogP contribution in [0.5, 0.6) is 0 Å². The van der Waals surface area contributed by atoms with Gasteiger partial charge in [0.1, 0.15) is 0 Å². The molecule has 22 heavy (non-hydrogen) atoms. The first kappa shape index (κ1) is 13.6. The van der Waals surface area contributed by atoms with Crippen LogP contribution in [0.1, 0.15) is 35.7 Å². The molecule has 2 heteroatoms. The molecule has 0 saturated carbocycles. The number of hydrogen-bond acceptors (Lipinski definition) is 1. The number of rotatable bonds is 4. The fourth-order valence-electron chi connectivity index (χ4n) is 3.65. The van der Waals surface area contributed by atoms with E-state index in [-0.39, 0.29) is 0 Å². The number of benzene rings is 2. The molecule has 3 aromatic rings. The largest absolute Gasteiger partial charge is 0.357 e. The van der Waals surface area contributed by atoms with Gasteiger partial charge >= 0.3 is 0 Å². The quantitative estimate of drug-likeness (QED) is 0.733. The zero-order valence-electron chi connectivity index (χ0n) is 12.8. The number of para-hydroxylation sites is 1. The average Bonchev–Trinajstić information content (AvgIpc) is 2.96. The lowest BCUT2D eigenvalue weighted by atomic mass is 9.91. The Morgan fingerprint density at radius 3 is 2.73 bits per heavy atom. The minimum Gasteiger partial charge on any atom is -0.357 e. The number of aromatic amines is 1. The molecular weight excluding hydrogens is 268 g/mol. The van der Waals surface area contributed by atoms with E-state index < -0.39 is 0 Å². The Bertz CT molecular complexity index is 758. The van der Waals surface area contributed by atoms with Gasteiger partial charge in [0.25, 0.3) is 0 Å². The Labute approximate surface area is 131 Å². The summed E-state index contributed by atoms with van der Waals surface area (Å²) in [5.74, 6) is 0. The number of H-pyrrole nitrogens is 1. The van der Waals surface area contributed by atoms with E-state index in [1.54, 1.807) is 0 Å². The average molecular weight is 290 g/mol. The van der Waals surface area contributed by atoms with Crippen LogP contribution in [0.2, 0.25) is 0 Å². The van der Waals surface area contributed by atoms with Gasteiger partial charge in [0.15, 0.2) is 0 Å². The summed E-state index contributed by atoms with van der Waals surface area (Å²) in [4.78, 5) is 3.65. The molecule has 2 aromatic carbocycles. The molecule has 0 fully saturated rings. The van der Waals surface area contributed by atoms with Crippen molar-refractivity contribution in [3.63, 3.8) is 0 Å². The third-order valence-electron chi connectivity index (χ3n) is 4.76. The fourth-order valence-corrected chi connectivity index (χ4v) is 3.65. The van der Waals surface area contributed by atoms with Crippen LogP contribution in [-0.2, 0) is 12.8 Å². The Morgan fingerprint density at radius 1 is 1.00 bits per heavy atom. The lowest BCUT2D eigenvalue weighted by Gasteiger charge is -2.24. The van der Waals surface area contributed by atoms with E-state index in [1.165, 1.54) is 47.0 Å². The molecule has 0 radical (unpaired) electrons. The standard InChI is InChI=1S/C20H22N2/c1-2-7-15(8-3-1)13-14-21-19-12-6-10-17-16-9-4-5-11-18(16)22-20(17)19/h1-5,7-9,11,19,21-22H,6,10,12-14H2/t19-/m0/s1. The van der Waals surface area contributed by atoms with E-state index in [4.69, 9.17) is 0 Å². The summed E-state index contributed by atoms with van der Waals surface area (Å²) in [6, 6.07) is 19.9. The van der Waals surface area contributed by atoms with E-state index in [2.05, 4.69) is 64.9 Å². The molecule has 112 valence electrons. The maximum atomic E-state index is 3.76. The Kier molecular flexibility index (Phi) is 3.69. The first-order chi connectivity index (χ1) is 10.9. The molecular formula is C20H22N2. The highest BCUT2D eigenvalue weighted by Crippen LogP contribution is 2.34. The van der Waals surface area contributed by atoms with Crippen LogP contribution in [0.4, 0.5) is 0 Å². The summed E-state index contributed by atoms with van der Waals surface area (Å²) in [6.45, 7) is 1.03. The van der Waals surface area contributed by atoms with E-state index in [1.807, 2.05) is 0 Å². The summed E-state index contributed by atoms with van der Waals surface area (Å²) >= 11 is 0. The van der Waals surface area contributed by atoms with Crippen molar-refractivity contribution in [2.45, 2.75) is 31.7 Å². The van der Waals surface area contributed by atoms with E-state index >= 15 is 0 Å². The topological polar surface area (TPSA) is 27.8 Å². The monoisotopic (exact) mass is 290 g/mol. The predicted octanol–water partition coefficient (Wildman–Crippen LogP) is 4.38. The molecule has 2 N–H and O–H groups in total. The van der Waals surface area contributed by atoms with Gasteiger partial charge in [-0.15, -0.1) is 0 Å². The SMILES string of the molecule is c1ccc(CCN[C@H]2CCCc3c2[nH]c2ccccc32)cc1. The maximum absolute atomic E-state index is 3.76. The Balaban J connectivity index is 1.50. The van der Waals surface area contributed by atoms with Crippen LogP contribution < -0.4 is 5.32 Å². The summed E-state index contributed by atoms with van der Waals surface area (Å²) in [5, 5.41) is 5.17. The van der Waals surface area contributed by atoms with Gasteiger partial charge in [-0.05, 0) is 49.4 Å². The van der Waals surface area contributed by atoms with Crippen LogP contribution in [0.15, 0.2) is 54.6 Å². The van der Waals surface area contributed by atoms with Gasteiger partial charge in [-0.25, -0.2) is 0 Å². The fraction of sp³-hybridized carbons (Fsp3) is 0.300. The first-order valence-electron chi connectivity index (χ1n) is 8.28. The van der Waals surface area contributed by atoms with Crippen molar-refractivity contribution in [3.8, 4) is 0 Å². The second kappa shape index (κ2) is 5.98. The maximum Gasteiger partial charge on any atom is 0.0476 e. The lowest BCUT2D eigenvalue weighted by molar-refractivity contribution is 0.456. The van der Waals surface area contributed by atoms with Crippen molar-refractivity contribution >= 4 is 10.9 Å². The van der Waals surface area contributed by atoms with Gasteiger partial charge in [-0.1, -0.05) is 48.5 Å². The molecule has 1 atom stereocenters. The third-order valence-corrected chi connectivity index (χ3v) is 4.76. The minimum atomic E-state index is 0.472. The highest BCUT2D eigenvalue weighted by Gasteiger charge is 2.23. The molecule has 0 spiro atoms. The number of hydrogen-bond donors (Lipinski definition) is 2. The van der Waals surface area contributed by atoms with Crippen molar-refractivity contribution < 1.29 is 0 Å². The summed E-state index contributed by atoms with van der Waals surface area (Å²) in [7, 11) is 0.